The maximum absolute atomic E-state index is 12.4. The maximum atomic E-state index is 12.4. The Balaban J connectivity index is 1.76. The van der Waals surface area contributed by atoms with Crippen molar-refractivity contribution in [2.24, 2.45) is 0 Å². The number of hydrogen-bond acceptors (Lipinski definition) is 5. The number of halogens is 1. The summed E-state index contributed by atoms with van der Waals surface area (Å²) in [6.45, 7) is 1.89. The van der Waals surface area contributed by atoms with Crippen molar-refractivity contribution in [3.8, 4) is 0 Å². The van der Waals surface area contributed by atoms with Crippen LogP contribution in [0.2, 0.25) is 0 Å². The first-order chi connectivity index (χ1) is 12.6. The minimum atomic E-state index is -0.888. The largest absolute Gasteiger partial charge is 0.452 e. The molecule has 1 heterocycles. The average Bonchev–Trinajstić information content (AvgIpc) is 2.98. The van der Waals surface area contributed by atoms with Gasteiger partial charge in [0.15, 0.2) is 17.8 Å². The zero-order valence-corrected chi connectivity index (χ0v) is 15.0. The van der Waals surface area contributed by atoms with Crippen molar-refractivity contribution in [2.75, 3.05) is 0 Å². The molecule has 4 unspecified atom stereocenters. The maximum Gasteiger partial charge on any atom is 0.338 e. The lowest BCUT2D eigenvalue weighted by atomic mass is 10.1. The summed E-state index contributed by atoms with van der Waals surface area (Å²) in [6.07, 6.45) is -1.54. The number of carbonyl (C=O) groups excluding carboxylic acids is 2. The van der Waals surface area contributed by atoms with Gasteiger partial charge >= 0.3 is 11.9 Å². The molecule has 1 aliphatic heterocycles. The first-order valence-electron chi connectivity index (χ1n) is 8.41. The summed E-state index contributed by atoms with van der Waals surface area (Å²) in [5, 5.41) is 0. The smallest absolute Gasteiger partial charge is 0.338 e. The highest BCUT2D eigenvalue weighted by Crippen LogP contribution is 2.32. The third-order valence-electron chi connectivity index (χ3n) is 4.16. The lowest BCUT2D eigenvalue weighted by molar-refractivity contribution is -0.0297. The Bertz CT molecular complexity index is 749. The van der Waals surface area contributed by atoms with Gasteiger partial charge in [0.25, 0.3) is 0 Å². The molecule has 5 nitrogen and oxygen atoms in total. The van der Waals surface area contributed by atoms with Crippen LogP contribution in [0.1, 0.15) is 34.1 Å². The molecule has 0 N–H and O–H groups in total. The van der Waals surface area contributed by atoms with E-state index in [4.69, 9.17) is 25.8 Å². The fourth-order valence-corrected chi connectivity index (χ4v) is 3.13. The molecule has 4 atom stereocenters. The minimum Gasteiger partial charge on any atom is -0.452 e. The van der Waals surface area contributed by atoms with Crippen LogP contribution in [0.25, 0.3) is 0 Å². The van der Waals surface area contributed by atoms with E-state index in [1.807, 2.05) is 13.0 Å². The molecule has 1 saturated heterocycles. The van der Waals surface area contributed by atoms with Crippen LogP contribution >= 0.6 is 11.6 Å². The molecule has 26 heavy (non-hydrogen) atoms. The van der Waals surface area contributed by atoms with E-state index in [2.05, 4.69) is 0 Å². The Labute approximate surface area is 156 Å². The first kappa shape index (κ1) is 18.4. The predicted molar refractivity (Wildman–Crippen MR) is 96.1 cm³/mol. The van der Waals surface area contributed by atoms with Gasteiger partial charge in [-0.05, 0) is 30.7 Å². The molecule has 2 aromatic carbocycles. The molecule has 0 aromatic heterocycles. The van der Waals surface area contributed by atoms with E-state index in [0.717, 1.165) is 0 Å². The molecule has 0 spiro atoms. The van der Waals surface area contributed by atoms with Crippen LogP contribution < -0.4 is 0 Å². The highest BCUT2D eigenvalue weighted by Gasteiger charge is 2.48. The number of hydrogen-bond donors (Lipinski definition) is 0. The van der Waals surface area contributed by atoms with Crippen molar-refractivity contribution in [3.05, 3.63) is 71.8 Å². The molecule has 0 radical (unpaired) electrons. The standard InChI is InChI=1S/C20H19ClO5/c1-2-15-16(25-19(22)13-9-5-3-6-10-13)17(18(21)24-15)26-20(23)14-11-7-4-8-12-14/h3-12,15-18H,2H2,1H3. The van der Waals surface area contributed by atoms with Crippen LogP contribution in [0, 0.1) is 0 Å². The van der Waals surface area contributed by atoms with Gasteiger partial charge in [0.1, 0.15) is 6.10 Å². The molecule has 1 aliphatic rings. The average molecular weight is 375 g/mol. The SMILES string of the molecule is CCC1OC(Cl)C(OC(=O)c2ccccc2)C1OC(=O)c1ccccc1. The lowest BCUT2D eigenvalue weighted by Crippen LogP contribution is -2.39. The Morgan fingerprint density at radius 1 is 0.885 bits per heavy atom. The summed E-state index contributed by atoms with van der Waals surface area (Å²) in [5.74, 6) is -1.05. The molecule has 1 fully saturated rings. The van der Waals surface area contributed by atoms with Gasteiger partial charge < -0.3 is 14.2 Å². The summed E-state index contributed by atoms with van der Waals surface area (Å²) in [7, 11) is 0. The Hall–Kier alpha value is -2.37. The Kier molecular flexibility index (Phi) is 5.91. The molecule has 0 aliphatic carbocycles. The second kappa shape index (κ2) is 8.34. The number of esters is 2. The summed E-state index contributed by atoms with van der Waals surface area (Å²) < 4.78 is 16.7. The van der Waals surface area contributed by atoms with E-state index >= 15 is 0 Å². The Morgan fingerprint density at radius 3 is 1.81 bits per heavy atom. The summed E-state index contributed by atoms with van der Waals surface area (Å²) in [4.78, 5) is 24.8. The molecule has 0 saturated carbocycles. The number of benzene rings is 2. The van der Waals surface area contributed by atoms with Crippen molar-refractivity contribution in [1.29, 1.82) is 0 Å². The number of alkyl halides is 1. The first-order valence-corrected chi connectivity index (χ1v) is 8.85. The van der Waals surface area contributed by atoms with E-state index in [1.54, 1.807) is 54.6 Å². The van der Waals surface area contributed by atoms with Crippen LogP contribution in [0.15, 0.2) is 60.7 Å². The molecule has 0 bridgehead atoms. The van der Waals surface area contributed by atoms with Gasteiger partial charge in [0.2, 0.25) is 0 Å². The van der Waals surface area contributed by atoms with Gasteiger partial charge in [-0.1, -0.05) is 54.9 Å². The quantitative estimate of drug-likeness (QED) is 0.588. The van der Waals surface area contributed by atoms with Crippen LogP contribution in [-0.2, 0) is 14.2 Å². The second-order valence-electron chi connectivity index (χ2n) is 5.91. The van der Waals surface area contributed by atoms with E-state index in [1.165, 1.54) is 0 Å². The van der Waals surface area contributed by atoms with Gasteiger partial charge in [0, 0.05) is 0 Å². The van der Waals surface area contributed by atoms with Crippen molar-refractivity contribution in [1.82, 2.24) is 0 Å². The fourth-order valence-electron chi connectivity index (χ4n) is 2.81. The molecule has 3 rings (SSSR count). The molecule has 6 heteroatoms. The highest BCUT2D eigenvalue weighted by molar-refractivity contribution is 6.20. The van der Waals surface area contributed by atoms with E-state index < -0.39 is 35.8 Å². The Morgan fingerprint density at radius 2 is 1.35 bits per heavy atom. The van der Waals surface area contributed by atoms with Gasteiger partial charge in [-0.2, -0.15) is 0 Å². The van der Waals surface area contributed by atoms with Crippen molar-refractivity contribution in [2.45, 2.75) is 37.2 Å². The monoisotopic (exact) mass is 374 g/mol. The van der Waals surface area contributed by atoms with Crippen LogP contribution in [0.5, 0.6) is 0 Å². The fraction of sp³-hybridized carbons (Fsp3) is 0.300. The second-order valence-corrected chi connectivity index (χ2v) is 6.34. The number of ether oxygens (including phenoxy) is 3. The van der Waals surface area contributed by atoms with Gasteiger partial charge in [-0.25, -0.2) is 9.59 Å². The van der Waals surface area contributed by atoms with E-state index in [9.17, 15) is 9.59 Å². The summed E-state index contributed by atoms with van der Waals surface area (Å²) in [6, 6.07) is 17.2. The zero-order chi connectivity index (χ0) is 18.5. The van der Waals surface area contributed by atoms with Gasteiger partial charge in [0.05, 0.1) is 11.1 Å². The number of carbonyl (C=O) groups is 2. The van der Waals surface area contributed by atoms with Gasteiger partial charge in [-0.3, -0.25) is 0 Å². The molecule has 0 amide bonds. The van der Waals surface area contributed by atoms with Crippen LogP contribution in [-0.4, -0.2) is 35.8 Å². The van der Waals surface area contributed by atoms with Crippen molar-refractivity contribution in [3.63, 3.8) is 0 Å². The topological polar surface area (TPSA) is 61.8 Å². The zero-order valence-electron chi connectivity index (χ0n) is 14.2. The van der Waals surface area contributed by atoms with Crippen LogP contribution in [0.4, 0.5) is 0 Å². The predicted octanol–water partition coefficient (Wildman–Crippen LogP) is 3.81. The van der Waals surface area contributed by atoms with E-state index in [-0.39, 0.29) is 0 Å². The molecular formula is C20H19ClO5. The molecule has 136 valence electrons. The number of rotatable bonds is 5. The van der Waals surface area contributed by atoms with Crippen LogP contribution in [0.3, 0.4) is 0 Å². The third-order valence-corrected chi connectivity index (χ3v) is 4.51. The highest BCUT2D eigenvalue weighted by atomic mass is 35.5. The van der Waals surface area contributed by atoms with Gasteiger partial charge in [-0.15, -0.1) is 0 Å². The normalized spacial score (nSPS) is 24.8. The minimum absolute atomic E-state index is 0.393. The lowest BCUT2D eigenvalue weighted by Gasteiger charge is -2.23. The summed E-state index contributed by atoms with van der Waals surface area (Å²) >= 11 is 6.22. The molecular weight excluding hydrogens is 356 g/mol. The van der Waals surface area contributed by atoms with E-state index in [0.29, 0.717) is 17.5 Å². The molecule has 2 aromatic rings. The van der Waals surface area contributed by atoms with Crippen molar-refractivity contribution >= 4 is 23.5 Å². The van der Waals surface area contributed by atoms with Crippen molar-refractivity contribution < 1.29 is 23.8 Å². The summed E-state index contributed by atoms with van der Waals surface area (Å²) in [5.41, 5.74) is -0.0841. The third kappa shape index (κ3) is 4.06.